The highest BCUT2D eigenvalue weighted by Gasteiger charge is 2.18. The topological polar surface area (TPSA) is 99.8 Å². The fraction of sp³-hybridized carbons (Fsp3) is 0.348. The predicted molar refractivity (Wildman–Crippen MR) is 119 cm³/mol. The number of nitrogens with one attached hydrogen (secondary N) is 3. The van der Waals surface area contributed by atoms with Crippen LogP contribution in [0.15, 0.2) is 48.5 Å². The molecule has 1 aliphatic rings. The Balaban J connectivity index is 1.46. The molecule has 1 heterocycles. The third-order valence-corrected chi connectivity index (χ3v) is 4.85. The Hall–Kier alpha value is -3.39. The van der Waals surface area contributed by atoms with E-state index < -0.39 is 0 Å². The second kappa shape index (κ2) is 11.1. The van der Waals surface area contributed by atoms with Gasteiger partial charge in [0.1, 0.15) is 0 Å². The van der Waals surface area contributed by atoms with E-state index in [2.05, 4.69) is 16.0 Å². The van der Waals surface area contributed by atoms with Gasteiger partial charge in [0.25, 0.3) is 11.8 Å². The molecule has 1 aliphatic heterocycles. The number of ether oxygens (including phenoxy) is 1. The Morgan fingerprint density at radius 1 is 0.903 bits per heavy atom. The van der Waals surface area contributed by atoms with Crippen LogP contribution in [0.5, 0.6) is 0 Å². The fourth-order valence-corrected chi connectivity index (χ4v) is 3.11. The summed E-state index contributed by atoms with van der Waals surface area (Å²) in [6.45, 7) is 5.01. The van der Waals surface area contributed by atoms with Gasteiger partial charge in [-0.2, -0.15) is 0 Å². The van der Waals surface area contributed by atoms with E-state index in [9.17, 15) is 14.4 Å². The van der Waals surface area contributed by atoms with Crippen LogP contribution in [0.25, 0.3) is 0 Å². The van der Waals surface area contributed by atoms with Crippen molar-refractivity contribution in [2.45, 2.75) is 13.3 Å². The van der Waals surface area contributed by atoms with Crippen molar-refractivity contribution < 1.29 is 19.1 Å². The average Bonchev–Trinajstić information content (AvgIpc) is 2.82. The van der Waals surface area contributed by atoms with Gasteiger partial charge in [0, 0.05) is 42.1 Å². The molecule has 2 aromatic carbocycles. The van der Waals surface area contributed by atoms with Crippen LogP contribution in [0.4, 0.5) is 11.4 Å². The summed E-state index contributed by atoms with van der Waals surface area (Å²) in [6.07, 6.45) is 0.882. The van der Waals surface area contributed by atoms with Crippen molar-refractivity contribution in [3.63, 3.8) is 0 Å². The molecule has 3 N–H and O–H groups in total. The van der Waals surface area contributed by atoms with Gasteiger partial charge >= 0.3 is 0 Å². The van der Waals surface area contributed by atoms with Gasteiger partial charge in [0.15, 0.2) is 0 Å². The van der Waals surface area contributed by atoms with Gasteiger partial charge < -0.3 is 25.6 Å². The summed E-state index contributed by atoms with van der Waals surface area (Å²) < 4.78 is 5.27. The van der Waals surface area contributed by atoms with Crippen molar-refractivity contribution in [3.8, 4) is 0 Å². The zero-order chi connectivity index (χ0) is 22.1. The summed E-state index contributed by atoms with van der Waals surface area (Å²) in [4.78, 5) is 38.4. The van der Waals surface area contributed by atoms with Gasteiger partial charge in [0.2, 0.25) is 5.91 Å². The fourth-order valence-electron chi connectivity index (χ4n) is 3.11. The molecule has 0 bridgehead atoms. The largest absolute Gasteiger partial charge is 0.378 e. The van der Waals surface area contributed by atoms with Crippen molar-refractivity contribution in [1.82, 2.24) is 10.2 Å². The Morgan fingerprint density at radius 3 is 2.16 bits per heavy atom. The van der Waals surface area contributed by atoms with Gasteiger partial charge in [-0.1, -0.05) is 6.92 Å². The maximum Gasteiger partial charge on any atom is 0.254 e. The van der Waals surface area contributed by atoms with Crippen molar-refractivity contribution in [2.75, 3.05) is 50.0 Å². The molecule has 2 aromatic rings. The zero-order valence-electron chi connectivity index (χ0n) is 17.6. The smallest absolute Gasteiger partial charge is 0.254 e. The Labute approximate surface area is 182 Å². The van der Waals surface area contributed by atoms with Crippen LogP contribution in [0.2, 0.25) is 0 Å². The van der Waals surface area contributed by atoms with Crippen LogP contribution in [0.3, 0.4) is 0 Å². The minimum Gasteiger partial charge on any atom is -0.378 e. The van der Waals surface area contributed by atoms with Crippen molar-refractivity contribution in [3.05, 3.63) is 59.7 Å². The van der Waals surface area contributed by atoms with Crippen LogP contribution in [0.1, 0.15) is 34.1 Å². The van der Waals surface area contributed by atoms with E-state index in [1.165, 1.54) is 0 Å². The van der Waals surface area contributed by atoms with Crippen LogP contribution < -0.4 is 16.0 Å². The lowest BCUT2D eigenvalue weighted by Crippen LogP contribution is -2.40. The molecule has 0 saturated carbocycles. The van der Waals surface area contributed by atoms with Crippen LogP contribution >= 0.6 is 0 Å². The standard InChI is InChI=1S/C23H28N4O4/c1-2-11-24-22(29)17-3-7-19(8-4-17)25-16-21(28)26-20-9-5-18(6-10-20)23(30)27-12-14-31-15-13-27/h3-10,25H,2,11-16H2,1H3,(H,24,29)(H,26,28). The maximum atomic E-state index is 12.5. The molecule has 0 aliphatic carbocycles. The monoisotopic (exact) mass is 424 g/mol. The summed E-state index contributed by atoms with van der Waals surface area (Å²) >= 11 is 0. The maximum absolute atomic E-state index is 12.5. The predicted octanol–water partition coefficient (Wildman–Crippen LogP) is 2.35. The van der Waals surface area contributed by atoms with Gasteiger partial charge in [0.05, 0.1) is 19.8 Å². The second-order valence-corrected chi connectivity index (χ2v) is 7.22. The van der Waals surface area contributed by atoms with E-state index in [4.69, 9.17) is 4.74 Å². The number of morpholine rings is 1. The van der Waals surface area contributed by atoms with Crippen LogP contribution in [-0.2, 0) is 9.53 Å². The Kier molecular flexibility index (Phi) is 8.00. The van der Waals surface area contributed by atoms with E-state index in [-0.39, 0.29) is 24.3 Å². The van der Waals surface area contributed by atoms with E-state index in [0.29, 0.717) is 49.7 Å². The SMILES string of the molecule is CCCNC(=O)c1ccc(NCC(=O)Nc2ccc(C(=O)N3CCOCC3)cc2)cc1. The third kappa shape index (κ3) is 6.55. The number of hydrogen-bond acceptors (Lipinski definition) is 5. The first-order valence-electron chi connectivity index (χ1n) is 10.5. The van der Waals surface area contributed by atoms with Gasteiger partial charge in [-0.25, -0.2) is 0 Å². The molecule has 3 rings (SSSR count). The number of anilines is 2. The second-order valence-electron chi connectivity index (χ2n) is 7.22. The van der Waals surface area contributed by atoms with Crippen molar-refractivity contribution in [1.29, 1.82) is 0 Å². The lowest BCUT2D eigenvalue weighted by atomic mass is 10.1. The highest BCUT2D eigenvalue weighted by Crippen LogP contribution is 2.13. The zero-order valence-corrected chi connectivity index (χ0v) is 17.6. The minimum atomic E-state index is -0.211. The number of rotatable bonds is 8. The lowest BCUT2D eigenvalue weighted by Gasteiger charge is -2.26. The molecular weight excluding hydrogens is 396 g/mol. The molecule has 3 amide bonds. The highest BCUT2D eigenvalue weighted by atomic mass is 16.5. The van der Waals surface area contributed by atoms with E-state index in [1.54, 1.807) is 53.4 Å². The van der Waals surface area contributed by atoms with Crippen LogP contribution in [-0.4, -0.2) is 62.0 Å². The third-order valence-electron chi connectivity index (χ3n) is 4.85. The molecule has 164 valence electrons. The highest BCUT2D eigenvalue weighted by molar-refractivity contribution is 5.97. The number of carbonyl (C=O) groups is 3. The molecule has 0 radical (unpaired) electrons. The van der Waals surface area contributed by atoms with Gasteiger partial charge in [-0.05, 0) is 55.0 Å². The molecule has 0 spiro atoms. The number of carbonyl (C=O) groups excluding carboxylic acids is 3. The molecule has 31 heavy (non-hydrogen) atoms. The van der Waals surface area contributed by atoms with Gasteiger partial charge in [-0.15, -0.1) is 0 Å². The molecule has 8 heteroatoms. The summed E-state index contributed by atoms with van der Waals surface area (Å²) in [6, 6.07) is 13.8. The average molecular weight is 425 g/mol. The first-order chi connectivity index (χ1) is 15.1. The normalized spacial score (nSPS) is 13.4. The van der Waals surface area contributed by atoms with Crippen molar-refractivity contribution >= 4 is 29.1 Å². The molecule has 0 aromatic heterocycles. The molecule has 1 fully saturated rings. The molecule has 0 atom stereocenters. The molecule has 8 nitrogen and oxygen atoms in total. The Bertz CT molecular complexity index is 891. The lowest BCUT2D eigenvalue weighted by molar-refractivity contribution is -0.114. The molecule has 0 unspecified atom stereocenters. The van der Waals surface area contributed by atoms with E-state index in [0.717, 1.165) is 12.1 Å². The quantitative estimate of drug-likeness (QED) is 0.604. The Morgan fingerprint density at radius 2 is 1.52 bits per heavy atom. The van der Waals surface area contributed by atoms with E-state index in [1.807, 2.05) is 6.92 Å². The molecule has 1 saturated heterocycles. The summed E-state index contributed by atoms with van der Waals surface area (Å²) in [7, 11) is 0. The van der Waals surface area contributed by atoms with Gasteiger partial charge in [-0.3, -0.25) is 14.4 Å². The number of benzene rings is 2. The van der Waals surface area contributed by atoms with Crippen LogP contribution in [0, 0.1) is 0 Å². The summed E-state index contributed by atoms with van der Waals surface area (Å²) in [5.41, 5.74) is 2.53. The van der Waals surface area contributed by atoms with E-state index >= 15 is 0 Å². The number of nitrogens with zero attached hydrogens (tertiary/aromatic N) is 1. The summed E-state index contributed by atoms with van der Waals surface area (Å²) in [5.74, 6) is -0.353. The first kappa shape index (κ1) is 22.3. The first-order valence-corrected chi connectivity index (χ1v) is 10.5. The summed E-state index contributed by atoms with van der Waals surface area (Å²) in [5, 5.41) is 8.65. The minimum absolute atomic E-state index is 0.0327. The number of hydrogen-bond donors (Lipinski definition) is 3. The van der Waals surface area contributed by atoms with Crippen molar-refractivity contribution in [2.24, 2.45) is 0 Å². The molecular formula is C23H28N4O4. The number of amides is 3.